The van der Waals surface area contributed by atoms with Crippen LogP contribution in [0.15, 0.2) is 0 Å². The zero-order valence-electron chi connectivity index (χ0n) is 10.6. The molecule has 1 aliphatic rings. The minimum Gasteiger partial charge on any atom is -0.480 e. The molecule has 0 radical (unpaired) electrons. The summed E-state index contributed by atoms with van der Waals surface area (Å²) in [6.45, 7) is 4.56. The van der Waals surface area contributed by atoms with Gasteiger partial charge in [-0.05, 0) is 39.2 Å². The Balaban J connectivity index is 2.59. The van der Waals surface area contributed by atoms with E-state index in [1.54, 1.807) is 0 Å². The summed E-state index contributed by atoms with van der Waals surface area (Å²) in [5.74, 6) is -1.15. The predicted octanol–water partition coefficient (Wildman–Crippen LogP) is 0.888. The van der Waals surface area contributed by atoms with Crippen LogP contribution in [0, 0.1) is 0 Å². The molecule has 98 valence electrons. The fourth-order valence-corrected chi connectivity index (χ4v) is 2.11. The van der Waals surface area contributed by atoms with Crippen molar-refractivity contribution >= 4 is 11.9 Å². The van der Waals surface area contributed by atoms with Crippen molar-refractivity contribution < 1.29 is 14.7 Å². The van der Waals surface area contributed by atoms with E-state index in [9.17, 15) is 9.59 Å². The summed E-state index contributed by atoms with van der Waals surface area (Å²) in [4.78, 5) is 23.0. The summed E-state index contributed by atoms with van der Waals surface area (Å²) in [6, 6.07) is -0.770. The first-order valence-electron chi connectivity index (χ1n) is 6.28. The number of nitrogens with one attached hydrogen (secondary N) is 2. The lowest BCUT2D eigenvalue weighted by Crippen LogP contribution is -2.59. The van der Waals surface area contributed by atoms with Crippen molar-refractivity contribution in [2.24, 2.45) is 0 Å². The zero-order chi connectivity index (χ0) is 12.9. The number of aliphatic carboxylic acids is 1. The molecule has 17 heavy (non-hydrogen) atoms. The van der Waals surface area contributed by atoms with Crippen LogP contribution in [-0.4, -0.2) is 35.1 Å². The Hall–Kier alpha value is -1.10. The Morgan fingerprint density at radius 3 is 2.65 bits per heavy atom. The van der Waals surface area contributed by atoms with Crippen molar-refractivity contribution in [1.29, 1.82) is 0 Å². The standard InChI is InChI=1S/C12H22N2O3/c1-3-6-9(10(15)16)14-11(17)12(2)7-4-5-8-13-12/h9,13H,3-8H2,1-2H3,(H,14,17)(H,15,16). The second kappa shape index (κ2) is 6.00. The molecule has 1 rings (SSSR count). The third-order valence-corrected chi connectivity index (χ3v) is 3.30. The van der Waals surface area contributed by atoms with Gasteiger partial charge in [-0.3, -0.25) is 4.79 Å². The second-order valence-electron chi connectivity index (χ2n) is 4.87. The first-order chi connectivity index (χ1) is 7.99. The van der Waals surface area contributed by atoms with E-state index in [2.05, 4.69) is 10.6 Å². The van der Waals surface area contributed by atoms with Crippen LogP contribution in [0.1, 0.15) is 46.0 Å². The fourth-order valence-electron chi connectivity index (χ4n) is 2.11. The Morgan fingerprint density at radius 2 is 2.18 bits per heavy atom. The highest BCUT2D eigenvalue weighted by atomic mass is 16.4. The van der Waals surface area contributed by atoms with Crippen molar-refractivity contribution in [3.8, 4) is 0 Å². The molecule has 0 aromatic carbocycles. The van der Waals surface area contributed by atoms with Crippen LogP contribution in [0.3, 0.4) is 0 Å². The summed E-state index contributed by atoms with van der Waals surface area (Å²) in [5.41, 5.74) is -0.611. The maximum Gasteiger partial charge on any atom is 0.326 e. The van der Waals surface area contributed by atoms with Crippen molar-refractivity contribution in [3.05, 3.63) is 0 Å². The molecule has 0 bridgehead atoms. The van der Waals surface area contributed by atoms with Gasteiger partial charge in [0, 0.05) is 0 Å². The van der Waals surface area contributed by atoms with Crippen molar-refractivity contribution in [3.63, 3.8) is 0 Å². The number of rotatable bonds is 5. The molecule has 0 saturated carbocycles. The molecule has 1 aliphatic heterocycles. The van der Waals surface area contributed by atoms with Crippen LogP contribution in [-0.2, 0) is 9.59 Å². The van der Waals surface area contributed by atoms with Crippen LogP contribution < -0.4 is 10.6 Å². The van der Waals surface area contributed by atoms with E-state index in [-0.39, 0.29) is 5.91 Å². The smallest absolute Gasteiger partial charge is 0.326 e. The van der Waals surface area contributed by atoms with Gasteiger partial charge in [-0.2, -0.15) is 0 Å². The van der Waals surface area contributed by atoms with Gasteiger partial charge in [-0.1, -0.05) is 13.3 Å². The van der Waals surface area contributed by atoms with Crippen LogP contribution in [0.4, 0.5) is 0 Å². The molecule has 1 fully saturated rings. The van der Waals surface area contributed by atoms with Gasteiger partial charge in [0.15, 0.2) is 0 Å². The van der Waals surface area contributed by atoms with Gasteiger partial charge in [0.25, 0.3) is 0 Å². The number of hydrogen-bond acceptors (Lipinski definition) is 3. The predicted molar refractivity (Wildman–Crippen MR) is 64.7 cm³/mol. The number of carbonyl (C=O) groups excluding carboxylic acids is 1. The van der Waals surface area contributed by atoms with E-state index >= 15 is 0 Å². The number of hydrogen-bond donors (Lipinski definition) is 3. The summed E-state index contributed by atoms with van der Waals surface area (Å²) in [5, 5.41) is 14.8. The highest BCUT2D eigenvalue weighted by molar-refractivity contribution is 5.89. The molecule has 2 unspecified atom stereocenters. The van der Waals surface area contributed by atoms with Gasteiger partial charge in [0.2, 0.25) is 5.91 Å². The Labute approximate surface area is 102 Å². The van der Waals surface area contributed by atoms with Crippen LogP contribution in [0.2, 0.25) is 0 Å². The van der Waals surface area contributed by atoms with Gasteiger partial charge >= 0.3 is 5.97 Å². The van der Waals surface area contributed by atoms with E-state index in [4.69, 9.17) is 5.11 Å². The SMILES string of the molecule is CCCC(NC(=O)C1(C)CCCCN1)C(=O)O. The first kappa shape index (κ1) is 14.0. The van der Waals surface area contributed by atoms with Crippen LogP contribution in [0.5, 0.6) is 0 Å². The van der Waals surface area contributed by atoms with E-state index in [1.165, 1.54) is 0 Å². The molecule has 5 heteroatoms. The number of carboxylic acid groups (broad SMARTS) is 1. The van der Waals surface area contributed by atoms with Crippen molar-refractivity contribution in [1.82, 2.24) is 10.6 Å². The topological polar surface area (TPSA) is 78.4 Å². The molecule has 0 aromatic heterocycles. The van der Waals surface area contributed by atoms with E-state index in [0.717, 1.165) is 32.2 Å². The molecule has 1 saturated heterocycles. The fraction of sp³-hybridized carbons (Fsp3) is 0.833. The first-order valence-corrected chi connectivity index (χ1v) is 6.28. The Morgan fingerprint density at radius 1 is 1.47 bits per heavy atom. The lowest BCUT2D eigenvalue weighted by molar-refractivity contribution is -0.143. The van der Waals surface area contributed by atoms with E-state index < -0.39 is 17.6 Å². The lowest BCUT2D eigenvalue weighted by Gasteiger charge is -2.34. The number of carboxylic acids is 1. The number of piperidine rings is 1. The molecule has 1 amide bonds. The van der Waals surface area contributed by atoms with E-state index in [0.29, 0.717) is 6.42 Å². The van der Waals surface area contributed by atoms with Gasteiger partial charge in [-0.15, -0.1) is 0 Å². The maximum atomic E-state index is 12.1. The Bertz CT molecular complexity index is 285. The van der Waals surface area contributed by atoms with Crippen molar-refractivity contribution in [2.75, 3.05) is 6.54 Å². The molecular weight excluding hydrogens is 220 g/mol. The number of carbonyl (C=O) groups is 2. The van der Waals surface area contributed by atoms with Gasteiger partial charge in [0.05, 0.1) is 5.54 Å². The minimum atomic E-state index is -0.959. The highest BCUT2D eigenvalue weighted by Gasteiger charge is 2.36. The molecule has 5 nitrogen and oxygen atoms in total. The van der Waals surface area contributed by atoms with Crippen LogP contribution in [0.25, 0.3) is 0 Å². The van der Waals surface area contributed by atoms with Gasteiger partial charge < -0.3 is 15.7 Å². The summed E-state index contributed by atoms with van der Waals surface area (Å²) < 4.78 is 0. The third-order valence-electron chi connectivity index (χ3n) is 3.30. The van der Waals surface area contributed by atoms with E-state index in [1.807, 2.05) is 13.8 Å². The lowest BCUT2D eigenvalue weighted by atomic mass is 9.89. The number of amides is 1. The summed E-state index contributed by atoms with van der Waals surface area (Å²) >= 11 is 0. The molecule has 1 heterocycles. The highest BCUT2D eigenvalue weighted by Crippen LogP contribution is 2.19. The summed E-state index contributed by atoms with van der Waals surface area (Å²) in [7, 11) is 0. The second-order valence-corrected chi connectivity index (χ2v) is 4.87. The van der Waals surface area contributed by atoms with Gasteiger partial charge in [0.1, 0.15) is 6.04 Å². The molecular formula is C12H22N2O3. The molecule has 0 aliphatic carbocycles. The Kier molecular flexibility index (Phi) is 4.93. The van der Waals surface area contributed by atoms with Crippen molar-refractivity contribution in [2.45, 2.75) is 57.5 Å². The average Bonchev–Trinajstić information content (AvgIpc) is 2.29. The molecule has 0 aromatic rings. The molecule has 2 atom stereocenters. The quantitative estimate of drug-likeness (QED) is 0.669. The minimum absolute atomic E-state index is 0.196. The van der Waals surface area contributed by atoms with Gasteiger partial charge in [-0.25, -0.2) is 4.79 Å². The maximum absolute atomic E-state index is 12.1. The molecule has 3 N–H and O–H groups in total. The monoisotopic (exact) mass is 242 g/mol. The average molecular weight is 242 g/mol. The normalized spacial score (nSPS) is 26.2. The van der Waals surface area contributed by atoms with Crippen LogP contribution >= 0.6 is 0 Å². The molecule has 0 spiro atoms. The summed E-state index contributed by atoms with van der Waals surface area (Å²) in [6.07, 6.45) is 4.04. The zero-order valence-corrected chi connectivity index (χ0v) is 10.6. The largest absolute Gasteiger partial charge is 0.480 e. The third kappa shape index (κ3) is 3.70.